The van der Waals surface area contributed by atoms with Gasteiger partial charge < -0.3 is 9.47 Å². The molecule has 2 aromatic heterocycles. The second-order valence-electron chi connectivity index (χ2n) is 9.15. The van der Waals surface area contributed by atoms with Crippen molar-refractivity contribution in [2.75, 3.05) is 14.2 Å². The predicted octanol–water partition coefficient (Wildman–Crippen LogP) is 5.81. The molecular weight excluding hydrogens is 440 g/mol. The van der Waals surface area contributed by atoms with E-state index in [-0.39, 0.29) is 16.8 Å². The Morgan fingerprint density at radius 2 is 1.66 bits per heavy atom. The zero-order valence-corrected chi connectivity index (χ0v) is 21.0. The van der Waals surface area contributed by atoms with Crippen molar-refractivity contribution in [1.82, 2.24) is 9.97 Å². The normalized spacial score (nSPS) is 16.1. The lowest BCUT2D eigenvalue weighted by Crippen LogP contribution is -2.19. The molecule has 182 valence electrons. The van der Waals surface area contributed by atoms with Gasteiger partial charge in [0.05, 0.1) is 19.8 Å². The van der Waals surface area contributed by atoms with E-state index in [9.17, 15) is 9.59 Å². The lowest BCUT2D eigenvalue weighted by molar-refractivity contribution is -0.116. The van der Waals surface area contributed by atoms with Gasteiger partial charge in [0.15, 0.2) is 11.6 Å². The Kier molecular flexibility index (Phi) is 8.53. The van der Waals surface area contributed by atoms with Crippen LogP contribution in [0.15, 0.2) is 71.6 Å². The number of hydrogen-bond acceptors (Lipinski definition) is 6. The fourth-order valence-electron chi connectivity index (χ4n) is 4.19. The third kappa shape index (κ3) is 6.85. The first-order valence-electron chi connectivity index (χ1n) is 11.6. The third-order valence-electron chi connectivity index (χ3n) is 6.15. The summed E-state index contributed by atoms with van der Waals surface area (Å²) < 4.78 is 10.2. The van der Waals surface area contributed by atoms with Crippen LogP contribution in [0.1, 0.15) is 51.2 Å². The first kappa shape index (κ1) is 25.8. The van der Waals surface area contributed by atoms with E-state index < -0.39 is 5.78 Å². The molecule has 0 saturated carbocycles. The molecule has 2 heterocycles. The molecule has 6 nitrogen and oxygen atoms in total. The Hall–Kier alpha value is -3.80. The van der Waals surface area contributed by atoms with E-state index in [2.05, 4.69) is 30.7 Å². The zero-order valence-electron chi connectivity index (χ0n) is 21.0. The standard InChI is InChI=1S/C29H32N2O4/c1-20-7-6-15-29(2,3)24(20)10-12-26(33)23(17-22-14-16-30-28(18-22)35-5)25(32)11-8-21-9-13-27(34-4)31-19-21/h8-14,16-19H,6-7,15H2,1-5H3. The molecule has 6 heteroatoms. The smallest absolute Gasteiger partial charge is 0.213 e. The second-order valence-corrected chi connectivity index (χ2v) is 9.15. The highest BCUT2D eigenvalue weighted by molar-refractivity contribution is 6.30. The first-order valence-corrected chi connectivity index (χ1v) is 11.6. The molecule has 35 heavy (non-hydrogen) atoms. The molecule has 0 fully saturated rings. The van der Waals surface area contributed by atoms with Crippen molar-refractivity contribution in [2.24, 2.45) is 5.41 Å². The van der Waals surface area contributed by atoms with Gasteiger partial charge in [-0.05, 0) is 84.7 Å². The summed E-state index contributed by atoms with van der Waals surface area (Å²) in [6.07, 6.45) is 14.4. The van der Waals surface area contributed by atoms with Crippen molar-refractivity contribution >= 4 is 23.7 Å². The van der Waals surface area contributed by atoms with Gasteiger partial charge in [-0.3, -0.25) is 9.59 Å². The number of pyridine rings is 2. The number of ketones is 2. The summed E-state index contributed by atoms with van der Waals surface area (Å²) in [7, 11) is 3.06. The Bertz CT molecular complexity index is 1200. The maximum atomic E-state index is 13.3. The molecule has 0 unspecified atom stereocenters. The minimum Gasteiger partial charge on any atom is -0.481 e. The fourth-order valence-corrected chi connectivity index (χ4v) is 4.19. The monoisotopic (exact) mass is 472 g/mol. The van der Waals surface area contributed by atoms with Crippen LogP contribution in [0.25, 0.3) is 12.2 Å². The molecule has 0 radical (unpaired) electrons. The number of ether oxygens (including phenoxy) is 2. The van der Waals surface area contributed by atoms with Crippen LogP contribution in [0, 0.1) is 5.41 Å². The van der Waals surface area contributed by atoms with Crippen LogP contribution in [-0.2, 0) is 9.59 Å². The van der Waals surface area contributed by atoms with E-state index in [4.69, 9.17) is 9.47 Å². The van der Waals surface area contributed by atoms with E-state index in [0.29, 0.717) is 17.3 Å². The summed E-state index contributed by atoms with van der Waals surface area (Å²) in [6, 6.07) is 6.90. The average Bonchev–Trinajstić information content (AvgIpc) is 2.85. The van der Waals surface area contributed by atoms with E-state index >= 15 is 0 Å². The molecule has 3 rings (SSSR count). The van der Waals surface area contributed by atoms with Crippen LogP contribution >= 0.6 is 0 Å². The first-order chi connectivity index (χ1) is 16.7. The molecule has 0 N–H and O–H groups in total. The minimum absolute atomic E-state index is 0.00721. The van der Waals surface area contributed by atoms with Gasteiger partial charge in [-0.2, -0.15) is 0 Å². The molecule has 1 aliphatic carbocycles. The Labute approximate surface area is 207 Å². The maximum absolute atomic E-state index is 13.3. The number of hydrogen-bond donors (Lipinski definition) is 0. The number of carbonyl (C=O) groups is 2. The van der Waals surface area contributed by atoms with Crippen LogP contribution in [-0.4, -0.2) is 35.8 Å². The van der Waals surface area contributed by atoms with Crippen LogP contribution in [0.4, 0.5) is 0 Å². The van der Waals surface area contributed by atoms with E-state index in [1.165, 1.54) is 31.9 Å². The summed E-state index contributed by atoms with van der Waals surface area (Å²) in [5.74, 6) is 0.124. The number of allylic oxidation sites excluding steroid dienone is 6. The quantitative estimate of drug-likeness (QED) is 0.260. The predicted molar refractivity (Wildman–Crippen MR) is 138 cm³/mol. The molecule has 0 aromatic carbocycles. The summed E-state index contributed by atoms with van der Waals surface area (Å²) in [4.78, 5) is 34.7. The summed E-state index contributed by atoms with van der Waals surface area (Å²) >= 11 is 0. The van der Waals surface area contributed by atoms with Crippen LogP contribution in [0.3, 0.4) is 0 Å². The van der Waals surface area contributed by atoms with Crippen molar-refractivity contribution in [3.05, 3.63) is 82.7 Å². The third-order valence-corrected chi connectivity index (χ3v) is 6.15. The highest BCUT2D eigenvalue weighted by Crippen LogP contribution is 2.40. The van der Waals surface area contributed by atoms with Crippen LogP contribution in [0.2, 0.25) is 0 Å². The number of carbonyl (C=O) groups excluding carboxylic acids is 2. The molecule has 0 atom stereocenters. The van der Waals surface area contributed by atoms with E-state index in [1.54, 1.807) is 48.8 Å². The minimum atomic E-state index is -0.403. The topological polar surface area (TPSA) is 78.4 Å². The number of nitrogens with zero attached hydrogens (tertiary/aromatic N) is 2. The van der Waals surface area contributed by atoms with Gasteiger partial charge in [0.2, 0.25) is 11.8 Å². The molecule has 0 aliphatic heterocycles. The van der Waals surface area contributed by atoms with Crippen molar-refractivity contribution in [1.29, 1.82) is 0 Å². The van der Waals surface area contributed by atoms with E-state index in [1.807, 2.05) is 6.08 Å². The summed E-state index contributed by atoms with van der Waals surface area (Å²) in [5, 5.41) is 0. The molecule has 0 spiro atoms. The van der Waals surface area contributed by atoms with Gasteiger partial charge in [0.1, 0.15) is 0 Å². The summed E-state index contributed by atoms with van der Waals surface area (Å²) in [6.45, 7) is 6.50. The van der Waals surface area contributed by atoms with Crippen molar-refractivity contribution in [2.45, 2.75) is 40.0 Å². The lowest BCUT2D eigenvalue weighted by atomic mass is 9.72. The Morgan fingerprint density at radius 3 is 2.29 bits per heavy atom. The SMILES string of the molecule is COc1ccc(C=CC(=O)C(=Cc2ccnc(OC)c2)C(=O)C=CC2=C(C)CCCC2(C)C)cn1. The zero-order chi connectivity index (χ0) is 25.4. The molecule has 0 saturated heterocycles. The van der Waals surface area contributed by atoms with Crippen LogP contribution < -0.4 is 9.47 Å². The lowest BCUT2D eigenvalue weighted by Gasteiger charge is -2.32. The number of aromatic nitrogens is 2. The van der Waals surface area contributed by atoms with Gasteiger partial charge in [-0.25, -0.2) is 9.97 Å². The van der Waals surface area contributed by atoms with Gasteiger partial charge in [-0.15, -0.1) is 0 Å². The molecule has 2 aromatic rings. The molecule has 1 aliphatic rings. The fraction of sp³-hybridized carbons (Fsp3) is 0.310. The molecule has 0 amide bonds. The largest absolute Gasteiger partial charge is 0.481 e. The van der Waals surface area contributed by atoms with E-state index in [0.717, 1.165) is 30.4 Å². The summed E-state index contributed by atoms with van der Waals surface area (Å²) in [5.41, 5.74) is 3.86. The number of methoxy groups -OCH3 is 2. The molecular formula is C29H32N2O4. The second kappa shape index (κ2) is 11.6. The average molecular weight is 473 g/mol. The Morgan fingerprint density at radius 1 is 0.943 bits per heavy atom. The van der Waals surface area contributed by atoms with Gasteiger partial charge in [0, 0.05) is 24.5 Å². The highest BCUT2D eigenvalue weighted by atomic mass is 16.5. The van der Waals surface area contributed by atoms with Gasteiger partial charge in [-0.1, -0.05) is 25.5 Å². The maximum Gasteiger partial charge on any atom is 0.213 e. The van der Waals surface area contributed by atoms with Crippen molar-refractivity contribution in [3.8, 4) is 11.8 Å². The number of rotatable bonds is 9. The van der Waals surface area contributed by atoms with Crippen molar-refractivity contribution in [3.63, 3.8) is 0 Å². The molecule has 0 bridgehead atoms. The van der Waals surface area contributed by atoms with Crippen molar-refractivity contribution < 1.29 is 19.1 Å². The van der Waals surface area contributed by atoms with Gasteiger partial charge in [0.25, 0.3) is 0 Å². The highest BCUT2D eigenvalue weighted by Gasteiger charge is 2.27. The van der Waals surface area contributed by atoms with Gasteiger partial charge >= 0.3 is 0 Å². The van der Waals surface area contributed by atoms with Crippen LogP contribution in [0.5, 0.6) is 11.8 Å². The Balaban J connectivity index is 1.94.